The van der Waals surface area contributed by atoms with Crippen molar-refractivity contribution in [1.82, 2.24) is 20.0 Å². The molecular formula is C17H16N6. The first kappa shape index (κ1) is 14.7. The molecule has 114 valence electrons. The molecule has 0 aliphatic rings. The van der Waals surface area contributed by atoms with E-state index in [4.69, 9.17) is 0 Å². The second-order valence-corrected chi connectivity index (χ2v) is 5.25. The van der Waals surface area contributed by atoms with Gasteiger partial charge in [-0.3, -0.25) is 4.68 Å². The van der Waals surface area contributed by atoms with Crippen molar-refractivity contribution in [3.63, 3.8) is 0 Å². The van der Waals surface area contributed by atoms with Gasteiger partial charge in [0.05, 0.1) is 12.2 Å². The van der Waals surface area contributed by atoms with Gasteiger partial charge in [0.2, 0.25) is 0 Å². The van der Waals surface area contributed by atoms with Crippen LogP contribution in [0.25, 0.3) is 0 Å². The second-order valence-electron chi connectivity index (χ2n) is 5.25. The first-order valence-electron chi connectivity index (χ1n) is 7.26. The standard InChI is InChI=1S/C17H16N6/c1-12-13(2)20-21-17(15(12)10-18)19-16-8-9-23(22-16)11-14-6-4-3-5-7-14/h3-9H,11H2,1-2H3,(H,19,21,22). The van der Waals surface area contributed by atoms with Crippen LogP contribution in [0.5, 0.6) is 0 Å². The van der Waals surface area contributed by atoms with Gasteiger partial charge in [0.1, 0.15) is 11.6 Å². The van der Waals surface area contributed by atoms with E-state index in [1.54, 1.807) is 0 Å². The molecule has 3 aromatic rings. The maximum absolute atomic E-state index is 9.32. The van der Waals surface area contributed by atoms with Crippen molar-refractivity contribution in [2.75, 3.05) is 5.32 Å². The molecule has 0 aliphatic heterocycles. The fourth-order valence-corrected chi connectivity index (χ4v) is 2.24. The molecule has 0 amide bonds. The van der Waals surface area contributed by atoms with E-state index in [1.807, 2.05) is 49.0 Å². The fourth-order valence-electron chi connectivity index (χ4n) is 2.24. The number of aromatic nitrogens is 4. The first-order valence-corrected chi connectivity index (χ1v) is 7.26. The van der Waals surface area contributed by atoms with Crippen LogP contribution in [-0.2, 0) is 6.54 Å². The summed E-state index contributed by atoms with van der Waals surface area (Å²) in [5.41, 5.74) is 3.25. The number of hydrogen-bond acceptors (Lipinski definition) is 5. The average molecular weight is 304 g/mol. The monoisotopic (exact) mass is 304 g/mol. The van der Waals surface area contributed by atoms with Crippen LogP contribution in [0.15, 0.2) is 42.6 Å². The van der Waals surface area contributed by atoms with Gasteiger partial charge in [0.25, 0.3) is 0 Å². The van der Waals surface area contributed by atoms with E-state index < -0.39 is 0 Å². The summed E-state index contributed by atoms with van der Waals surface area (Å²) in [7, 11) is 0. The van der Waals surface area contributed by atoms with Crippen molar-refractivity contribution in [1.29, 1.82) is 5.26 Å². The van der Waals surface area contributed by atoms with Gasteiger partial charge in [-0.2, -0.15) is 15.5 Å². The Labute approximate surface area is 134 Å². The lowest BCUT2D eigenvalue weighted by atomic mass is 10.1. The highest BCUT2D eigenvalue weighted by Crippen LogP contribution is 2.20. The Bertz CT molecular complexity index is 861. The molecule has 0 spiro atoms. The highest BCUT2D eigenvalue weighted by Gasteiger charge is 2.12. The maximum Gasteiger partial charge on any atom is 0.172 e. The molecule has 0 unspecified atom stereocenters. The van der Waals surface area contributed by atoms with Crippen LogP contribution in [0.1, 0.15) is 22.4 Å². The third-order valence-corrected chi connectivity index (χ3v) is 3.64. The molecule has 0 aliphatic carbocycles. The SMILES string of the molecule is Cc1nnc(Nc2ccn(Cc3ccccc3)n2)c(C#N)c1C. The molecule has 3 rings (SSSR count). The molecule has 1 aromatic carbocycles. The van der Waals surface area contributed by atoms with E-state index in [0.29, 0.717) is 23.7 Å². The molecule has 6 nitrogen and oxygen atoms in total. The second kappa shape index (κ2) is 6.28. The number of benzene rings is 1. The number of nitrogens with one attached hydrogen (secondary N) is 1. The third kappa shape index (κ3) is 3.19. The van der Waals surface area contributed by atoms with E-state index in [1.165, 1.54) is 5.56 Å². The minimum absolute atomic E-state index is 0.431. The molecule has 2 aromatic heterocycles. The van der Waals surface area contributed by atoms with Gasteiger partial charge in [-0.25, -0.2) is 0 Å². The zero-order chi connectivity index (χ0) is 16.2. The highest BCUT2D eigenvalue weighted by atomic mass is 15.3. The summed E-state index contributed by atoms with van der Waals surface area (Å²) in [6.45, 7) is 4.38. The lowest BCUT2D eigenvalue weighted by Gasteiger charge is -2.07. The van der Waals surface area contributed by atoms with Crippen LogP contribution >= 0.6 is 0 Å². The minimum Gasteiger partial charge on any atom is -0.321 e. The van der Waals surface area contributed by atoms with E-state index in [0.717, 1.165) is 11.3 Å². The van der Waals surface area contributed by atoms with Crippen LogP contribution in [0.2, 0.25) is 0 Å². The summed E-state index contributed by atoms with van der Waals surface area (Å²) >= 11 is 0. The fraction of sp³-hybridized carbons (Fsp3) is 0.176. The van der Waals surface area contributed by atoms with E-state index >= 15 is 0 Å². The summed E-state index contributed by atoms with van der Waals surface area (Å²) in [5, 5.41) is 25.0. The van der Waals surface area contributed by atoms with Crippen molar-refractivity contribution in [3.05, 3.63) is 65.0 Å². The summed E-state index contributed by atoms with van der Waals surface area (Å²) in [4.78, 5) is 0. The zero-order valence-corrected chi connectivity index (χ0v) is 13.0. The van der Waals surface area contributed by atoms with Crippen molar-refractivity contribution in [2.45, 2.75) is 20.4 Å². The predicted octanol–water partition coefficient (Wildman–Crippen LogP) is 2.95. The van der Waals surface area contributed by atoms with Crippen molar-refractivity contribution in [3.8, 4) is 6.07 Å². The van der Waals surface area contributed by atoms with E-state index in [2.05, 4.69) is 38.8 Å². The summed E-state index contributed by atoms with van der Waals surface area (Å²) in [5.74, 6) is 1.07. The summed E-state index contributed by atoms with van der Waals surface area (Å²) in [6, 6.07) is 14.1. The van der Waals surface area contributed by atoms with Gasteiger partial charge >= 0.3 is 0 Å². The van der Waals surface area contributed by atoms with E-state index in [9.17, 15) is 5.26 Å². The molecule has 1 N–H and O–H groups in total. The molecule has 0 atom stereocenters. The Morgan fingerprint density at radius 3 is 2.65 bits per heavy atom. The van der Waals surface area contributed by atoms with Crippen LogP contribution in [-0.4, -0.2) is 20.0 Å². The molecule has 0 saturated carbocycles. The molecule has 0 fully saturated rings. The molecule has 0 saturated heterocycles. The van der Waals surface area contributed by atoms with Crippen molar-refractivity contribution in [2.24, 2.45) is 0 Å². The van der Waals surface area contributed by atoms with Gasteiger partial charge < -0.3 is 5.32 Å². The number of nitrogens with zero attached hydrogens (tertiary/aromatic N) is 5. The van der Waals surface area contributed by atoms with Crippen molar-refractivity contribution >= 4 is 11.6 Å². The van der Waals surface area contributed by atoms with Crippen LogP contribution in [0.4, 0.5) is 11.6 Å². The number of aryl methyl sites for hydroxylation is 1. The Hall–Kier alpha value is -3.20. The molecule has 23 heavy (non-hydrogen) atoms. The first-order chi connectivity index (χ1) is 11.2. The van der Waals surface area contributed by atoms with Crippen molar-refractivity contribution < 1.29 is 0 Å². The number of rotatable bonds is 4. The van der Waals surface area contributed by atoms with E-state index in [-0.39, 0.29) is 0 Å². The predicted molar refractivity (Wildman–Crippen MR) is 87.3 cm³/mol. The van der Waals surface area contributed by atoms with Crippen LogP contribution < -0.4 is 5.32 Å². The van der Waals surface area contributed by atoms with Gasteiger partial charge in [-0.05, 0) is 25.0 Å². The largest absolute Gasteiger partial charge is 0.321 e. The summed E-state index contributed by atoms with van der Waals surface area (Å²) in [6.07, 6.45) is 1.88. The van der Waals surface area contributed by atoms with Gasteiger partial charge in [-0.1, -0.05) is 30.3 Å². The summed E-state index contributed by atoms with van der Waals surface area (Å²) < 4.78 is 1.83. The number of anilines is 2. The highest BCUT2D eigenvalue weighted by molar-refractivity contribution is 5.62. The van der Waals surface area contributed by atoms with Crippen LogP contribution in [0, 0.1) is 25.2 Å². The normalized spacial score (nSPS) is 10.3. The quantitative estimate of drug-likeness (QED) is 0.801. The average Bonchev–Trinajstić information content (AvgIpc) is 2.99. The third-order valence-electron chi connectivity index (χ3n) is 3.64. The Morgan fingerprint density at radius 2 is 1.91 bits per heavy atom. The maximum atomic E-state index is 9.32. The molecule has 2 heterocycles. The lowest BCUT2D eigenvalue weighted by molar-refractivity contribution is 0.689. The topological polar surface area (TPSA) is 79.4 Å². The Kier molecular flexibility index (Phi) is 4.02. The molecule has 6 heteroatoms. The van der Waals surface area contributed by atoms with Gasteiger partial charge in [-0.15, -0.1) is 5.10 Å². The van der Waals surface area contributed by atoms with Gasteiger partial charge in [0.15, 0.2) is 11.6 Å². The smallest absolute Gasteiger partial charge is 0.172 e. The number of hydrogen-bond donors (Lipinski definition) is 1. The Balaban J connectivity index is 1.80. The molecule has 0 radical (unpaired) electrons. The zero-order valence-electron chi connectivity index (χ0n) is 13.0. The number of nitriles is 1. The molecular weight excluding hydrogens is 288 g/mol. The van der Waals surface area contributed by atoms with Gasteiger partial charge in [0, 0.05) is 12.3 Å². The Morgan fingerprint density at radius 1 is 1.13 bits per heavy atom. The lowest BCUT2D eigenvalue weighted by Crippen LogP contribution is -2.05. The molecule has 0 bridgehead atoms. The minimum atomic E-state index is 0.431. The van der Waals surface area contributed by atoms with Crippen LogP contribution in [0.3, 0.4) is 0 Å².